The lowest BCUT2D eigenvalue weighted by Crippen LogP contribution is -2.34. The summed E-state index contributed by atoms with van der Waals surface area (Å²) >= 11 is 0. The lowest BCUT2D eigenvalue weighted by Gasteiger charge is -2.32. The second kappa shape index (κ2) is 5.84. The summed E-state index contributed by atoms with van der Waals surface area (Å²) in [5.41, 5.74) is 3.61. The van der Waals surface area contributed by atoms with Crippen LogP contribution in [0.1, 0.15) is 55.5 Å². The van der Waals surface area contributed by atoms with Gasteiger partial charge in [-0.3, -0.25) is 5.10 Å². The molecule has 5 nitrogen and oxygen atoms in total. The SMILES string of the molecule is Cc1cncnc1N1CCC(c2cc(C(C)C)n[nH]2)CC1. The molecule has 1 N–H and O–H groups in total. The van der Waals surface area contributed by atoms with Gasteiger partial charge in [0.25, 0.3) is 0 Å². The summed E-state index contributed by atoms with van der Waals surface area (Å²) in [4.78, 5) is 10.9. The summed E-state index contributed by atoms with van der Waals surface area (Å²) in [6.07, 6.45) is 5.81. The number of H-pyrrole nitrogens is 1. The lowest BCUT2D eigenvalue weighted by atomic mass is 9.93. The van der Waals surface area contributed by atoms with E-state index in [1.165, 1.54) is 11.4 Å². The summed E-state index contributed by atoms with van der Waals surface area (Å²) in [6, 6.07) is 2.24. The molecule has 3 heterocycles. The van der Waals surface area contributed by atoms with E-state index in [-0.39, 0.29) is 0 Å². The van der Waals surface area contributed by atoms with E-state index in [4.69, 9.17) is 0 Å². The Kier molecular flexibility index (Phi) is 3.90. The van der Waals surface area contributed by atoms with Crippen molar-refractivity contribution in [3.63, 3.8) is 0 Å². The van der Waals surface area contributed by atoms with Crippen LogP contribution in [0.25, 0.3) is 0 Å². The molecule has 0 aromatic carbocycles. The summed E-state index contributed by atoms with van der Waals surface area (Å²) < 4.78 is 0. The smallest absolute Gasteiger partial charge is 0.134 e. The maximum Gasteiger partial charge on any atom is 0.134 e. The molecule has 3 rings (SSSR count). The van der Waals surface area contributed by atoms with Crippen molar-refractivity contribution in [3.05, 3.63) is 35.5 Å². The molecule has 112 valence electrons. The molecule has 1 aliphatic rings. The zero-order chi connectivity index (χ0) is 14.8. The molecule has 1 saturated heterocycles. The minimum absolute atomic E-state index is 0.485. The minimum Gasteiger partial charge on any atom is -0.356 e. The van der Waals surface area contributed by atoms with Gasteiger partial charge in [0.05, 0.1) is 5.69 Å². The maximum atomic E-state index is 4.42. The predicted molar refractivity (Wildman–Crippen MR) is 83.6 cm³/mol. The van der Waals surface area contributed by atoms with Crippen molar-refractivity contribution in [2.24, 2.45) is 0 Å². The molecule has 0 spiro atoms. The van der Waals surface area contributed by atoms with Gasteiger partial charge < -0.3 is 4.90 Å². The van der Waals surface area contributed by atoms with Crippen LogP contribution in [0.3, 0.4) is 0 Å². The fraction of sp³-hybridized carbons (Fsp3) is 0.562. The van der Waals surface area contributed by atoms with Crippen LogP contribution in [0.15, 0.2) is 18.6 Å². The number of hydrogen-bond donors (Lipinski definition) is 1. The first-order chi connectivity index (χ1) is 10.1. The molecule has 0 radical (unpaired) electrons. The van der Waals surface area contributed by atoms with Gasteiger partial charge in [-0.15, -0.1) is 0 Å². The highest BCUT2D eigenvalue weighted by Crippen LogP contribution is 2.30. The van der Waals surface area contributed by atoms with Crippen LogP contribution in [-0.2, 0) is 0 Å². The Balaban J connectivity index is 1.66. The Labute approximate surface area is 125 Å². The van der Waals surface area contributed by atoms with Gasteiger partial charge in [0.2, 0.25) is 0 Å². The Hall–Kier alpha value is -1.91. The van der Waals surface area contributed by atoms with Crippen LogP contribution in [0, 0.1) is 6.92 Å². The van der Waals surface area contributed by atoms with Crippen molar-refractivity contribution in [3.8, 4) is 0 Å². The number of aromatic amines is 1. The third-order valence-corrected chi connectivity index (χ3v) is 4.31. The molecule has 0 bridgehead atoms. The average molecular weight is 285 g/mol. The van der Waals surface area contributed by atoms with E-state index < -0.39 is 0 Å². The van der Waals surface area contributed by atoms with Crippen LogP contribution in [0.5, 0.6) is 0 Å². The number of rotatable bonds is 3. The average Bonchev–Trinajstić information content (AvgIpc) is 2.98. The highest BCUT2D eigenvalue weighted by molar-refractivity contribution is 5.45. The molecule has 0 aliphatic carbocycles. The van der Waals surface area contributed by atoms with Crippen LogP contribution in [0.2, 0.25) is 0 Å². The van der Waals surface area contributed by atoms with Crippen molar-refractivity contribution >= 4 is 5.82 Å². The Morgan fingerprint density at radius 2 is 2.05 bits per heavy atom. The predicted octanol–water partition coefficient (Wildman–Crippen LogP) is 3.02. The standard InChI is InChI=1S/C16H23N5/c1-11(2)14-8-15(20-19-14)13-4-6-21(7-5-13)16-12(3)9-17-10-18-16/h8-11,13H,4-7H2,1-3H3,(H,19,20). The molecule has 0 atom stereocenters. The number of hydrogen-bond acceptors (Lipinski definition) is 4. The van der Waals surface area contributed by atoms with E-state index in [0.29, 0.717) is 11.8 Å². The van der Waals surface area contributed by atoms with Gasteiger partial charge in [-0.2, -0.15) is 5.10 Å². The van der Waals surface area contributed by atoms with E-state index in [1.54, 1.807) is 6.33 Å². The van der Waals surface area contributed by atoms with E-state index in [2.05, 4.69) is 51.9 Å². The Morgan fingerprint density at radius 3 is 2.67 bits per heavy atom. The highest BCUT2D eigenvalue weighted by atomic mass is 15.2. The summed E-state index contributed by atoms with van der Waals surface area (Å²) in [7, 11) is 0. The van der Waals surface area contributed by atoms with Crippen molar-refractivity contribution in [2.45, 2.75) is 45.4 Å². The normalized spacial score (nSPS) is 16.7. The van der Waals surface area contributed by atoms with Gasteiger partial charge in [0, 0.05) is 36.5 Å². The molecule has 1 fully saturated rings. The van der Waals surface area contributed by atoms with E-state index in [1.807, 2.05) is 6.20 Å². The van der Waals surface area contributed by atoms with Crippen molar-refractivity contribution in [2.75, 3.05) is 18.0 Å². The molecule has 2 aromatic rings. The number of nitrogens with one attached hydrogen (secondary N) is 1. The van der Waals surface area contributed by atoms with Crippen LogP contribution < -0.4 is 4.90 Å². The van der Waals surface area contributed by atoms with Gasteiger partial charge in [-0.05, 0) is 31.7 Å². The van der Waals surface area contributed by atoms with E-state index >= 15 is 0 Å². The molecule has 0 unspecified atom stereocenters. The quantitative estimate of drug-likeness (QED) is 0.941. The monoisotopic (exact) mass is 285 g/mol. The van der Waals surface area contributed by atoms with Crippen LogP contribution in [0.4, 0.5) is 5.82 Å². The van der Waals surface area contributed by atoms with Crippen LogP contribution >= 0.6 is 0 Å². The molecular weight excluding hydrogens is 262 g/mol. The molecule has 0 saturated carbocycles. The Morgan fingerprint density at radius 1 is 1.29 bits per heavy atom. The van der Waals surface area contributed by atoms with Gasteiger partial charge >= 0.3 is 0 Å². The maximum absolute atomic E-state index is 4.42. The first-order valence-corrected chi connectivity index (χ1v) is 7.72. The van der Waals surface area contributed by atoms with Gasteiger partial charge in [0.1, 0.15) is 12.1 Å². The van der Waals surface area contributed by atoms with Crippen LogP contribution in [-0.4, -0.2) is 33.3 Å². The third kappa shape index (κ3) is 2.91. The topological polar surface area (TPSA) is 57.7 Å². The van der Waals surface area contributed by atoms with Crippen molar-refractivity contribution in [1.82, 2.24) is 20.2 Å². The molecule has 5 heteroatoms. The zero-order valence-electron chi connectivity index (χ0n) is 13.0. The van der Waals surface area contributed by atoms with Gasteiger partial charge in [0.15, 0.2) is 0 Å². The number of piperidine rings is 1. The number of aryl methyl sites for hydroxylation is 1. The molecule has 21 heavy (non-hydrogen) atoms. The largest absolute Gasteiger partial charge is 0.356 e. The first-order valence-electron chi connectivity index (χ1n) is 7.72. The summed E-state index contributed by atoms with van der Waals surface area (Å²) in [5, 5.41) is 7.65. The Bertz CT molecular complexity index is 596. The highest BCUT2D eigenvalue weighted by Gasteiger charge is 2.24. The third-order valence-electron chi connectivity index (χ3n) is 4.31. The van der Waals surface area contributed by atoms with E-state index in [9.17, 15) is 0 Å². The molecule has 0 amide bonds. The molecular formula is C16H23N5. The number of aromatic nitrogens is 4. The van der Waals surface area contributed by atoms with Gasteiger partial charge in [-0.1, -0.05) is 13.8 Å². The van der Waals surface area contributed by atoms with E-state index in [0.717, 1.165) is 37.3 Å². The number of anilines is 1. The lowest BCUT2D eigenvalue weighted by molar-refractivity contribution is 0.492. The summed E-state index contributed by atoms with van der Waals surface area (Å²) in [6.45, 7) is 8.52. The second-order valence-corrected chi connectivity index (χ2v) is 6.19. The van der Waals surface area contributed by atoms with Crippen molar-refractivity contribution in [1.29, 1.82) is 0 Å². The van der Waals surface area contributed by atoms with Crippen molar-refractivity contribution < 1.29 is 0 Å². The minimum atomic E-state index is 0.485. The fourth-order valence-electron chi connectivity index (χ4n) is 2.98. The molecule has 2 aromatic heterocycles. The number of nitrogens with zero attached hydrogens (tertiary/aromatic N) is 4. The first kappa shape index (κ1) is 14.0. The van der Waals surface area contributed by atoms with Gasteiger partial charge in [-0.25, -0.2) is 9.97 Å². The molecule has 1 aliphatic heterocycles. The summed E-state index contributed by atoms with van der Waals surface area (Å²) in [5.74, 6) is 2.15. The zero-order valence-corrected chi connectivity index (χ0v) is 13.0. The fourth-order valence-corrected chi connectivity index (χ4v) is 2.98. The second-order valence-electron chi connectivity index (χ2n) is 6.19.